The molecule has 0 unspecified atom stereocenters. The summed E-state index contributed by atoms with van der Waals surface area (Å²) in [5.74, 6) is 0. The predicted octanol–water partition coefficient (Wildman–Crippen LogP) is 2.88. The average molecular weight is 238 g/mol. The van der Waals surface area contributed by atoms with E-state index in [9.17, 15) is 0 Å². The third-order valence-electron chi connectivity index (χ3n) is 3.04. The van der Waals surface area contributed by atoms with Crippen LogP contribution in [0.2, 0.25) is 0 Å². The molecule has 0 bridgehead atoms. The number of nitrogens with zero attached hydrogens (tertiary/aromatic N) is 1. The van der Waals surface area contributed by atoms with Gasteiger partial charge in [0, 0.05) is 12.6 Å². The van der Waals surface area contributed by atoms with Crippen LogP contribution in [0, 0.1) is 0 Å². The van der Waals surface area contributed by atoms with E-state index in [0.29, 0.717) is 18.2 Å². The minimum absolute atomic E-state index is 0.299. The van der Waals surface area contributed by atoms with Crippen molar-refractivity contribution in [1.29, 1.82) is 0 Å². The van der Waals surface area contributed by atoms with Crippen molar-refractivity contribution in [3.05, 3.63) is 12.0 Å². The van der Waals surface area contributed by atoms with E-state index < -0.39 is 0 Å². The second-order valence-corrected chi connectivity index (χ2v) is 5.02. The van der Waals surface area contributed by atoms with Crippen molar-refractivity contribution >= 4 is 0 Å². The molecule has 2 rings (SSSR count). The van der Waals surface area contributed by atoms with E-state index in [-0.39, 0.29) is 0 Å². The average Bonchev–Trinajstić information content (AvgIpc) is 2.75. The Balaban J connectivity index is 1.80. The molecule has 1 aromatic heterocycles. The standard InChI is InChI=1S/C13H22N2O2/c1-10(2)14-8-11-9-16-13(15-11)17-12-6-4-3-5-7-12/h9-10,12,14H,3-8H2,1-2H3. The molecule has 1 saturated carbocycles. The molecule has 96 valence electrons. The highest BCUT2D eigenvalue weighted by Gasteiger charge is 2.17. The number of oxazole rings is 1. The van der Waals surface area contributed by atoms with Crippen LogP contribution in [0.5, 0.6) is 6.08 Å². The Morgan fingerprint density at radius 2 is 2.18 bits per heavy atom. The van der Waals surface area contributed by atoms with Crippen molar-refractivity contribution < 1.29 is 9.15 Å². The predicted molar refractivity (Wildman–Crippen MR) is 66.0 cm³/mol. The molecule has 1 aliphatic carbocycles. The Morgan fingerprint density at radius 3 is 2.88 bits per heavy atom. The van der Waals surface area contributed by atoms with E-state index >= 15 is 0 Å². The lowest BCUT2D eigenvalue weighted by Crippen LogP contribution is -2.22. The molecule has 17 heavy (non-hydrogen) atoms. The van der Waals surface area contributed by atoms with Crippen molar-refractivity contribution in [3.63, 3.8) is 0 Å². The van der Waals surface area contributed by atoms with Crippen molar-refractivity contribution in [2.75, 3.05) is 0 Å². The van der Waals surface area contributed by atoms with Gasteiger partial charge >= 0.3 is 6.08 Å². The van der Waals surface area contributed by atoms with Gasteiger partial charge in [0.25, 0.3) is 0 Å². The maximum Gasteiger partial charge on any atom is 0.394 e. The summed E-state index contributed by atoms with van der Waals surface area (Å²) in [6.07, 6.45) is 8.50. The van der Waals surface area contributed by atoms with Gasteiger partial charge in [-0.25, -0.2) is 0 Å². The Bertz CT molecular complexity index is 330. The zero-order valence-electron chi connectivity index (χ0n) is 10.7. The lowest BCUT2D eigenvalue weighted by Gasteiger charge is -2.20. The topological polar surface area (TPSA) is 47.3 Å². The fraction of sp³-hybridized carbons (Fsp3) is 0.769. The van der Waals surface area contributed by atoms with Crippen LogP contribution in [0.15, 0.2) is 10.7 Å². The zero-order valence-corrected chi connectivity index (χ0v) is 10.7. The van der Waals surface area contributed by atoms with E-state index in [2.05, 4.69) is 24.1 Å². The van der Waals surface area contributed by atoms with Gasteiger partial charge in [-0.1, -0.05) is 20.3 Å². The number of rotatable bonds is 5. The summed E-state index contributed by atoms with van der Waals surface area (Å²) in [5, 5.41) is 3.30. The molecular formula is C13H22N2O2. The van der Waals surface area contributed by atoms with E-state index in [4.69, 9.17) is 9.15 Å². The molecule has 1 heterocycles. The molecule has 0 spiro atoms. The van der Waals surface area contributed by atoms with Crippen LogP contribution >= 0.6 is 0 Å². The zero-order chi connectivity index (χ0) is 12.1. The first-order chi connectivity index (χ1) is 8.24. The summed E-state index contributed by atoms with van der Waals surface area (Å²) in [5.41, 5.74) is 0.907. The normalized spacial score (nSPS) is 17.6. The summed E-state index contributed by atoms with van der Waals surface area (Å²) in [6.45, 7) is 4.95. The maximum atomic E-state index is 5.74. The molecule has 1 aromatic rings. The van der Waals surface area contributed by atoms with Gasteiger partial charge in [0.15, 0.2) is 0 Å². The molecular weight excluding hydrogens is 216 g/mol. The van der Waals surface area contributed by atoms with Gasteiger partial charge in [-0.3, -0.25) is 0 Å². The van der Waals surface area contributed by atoms with Crippen LogP contribution < -0.4 is 10.1 Å². The Kier molecular flexibility index (Phi) is 4.42. The third-order valence-corrected chi connectivity index (χ3v) is 3.04. The first-order valence-electron chi connectivity index (χ1n) is 6.58. The molecule has 1 N–H and O–H groups in total. The van der Waals surface area contributed by atoms with Crippen molar-refractivity contribution in [1.82, 2.24) is 10.3 Å². The lowest BCUT2D eigenvalue weighted by atomic mass is 9.98. The van der Waals surface area contributed by atoms with Gasteiger partial charge in [-0.15, -0.1) is 0 Å². The van der Waals surface area contributed by atoms with Crippen LogP contribution in [-0.4, -0.2) is 17.1 Å². The number of aromatic nitrogens is 1. The van der Waals surface area contributed by atoms with Crippen LogP contribution in [-0.2, 0) is 6.54 Å². The van der Waals surface area contributed by atoms with Gasteiger partial charge in [0.05, 0.1) is 5.69 Å². The summed E-state index contributed by atoms with van der Waals surface area (Å²) in [4.78, 5) is 4.32. The van der Waals surface area contributed by atoms with E-state index in [0.717, 1.165) is 25.1 Å². The summed E-state index contributed by atoms with van der Waals surface area (Å²) >= 11 is 0. The van der Waals surface area contributed by atoms with Crippen molar-refractivity contribution in [2.45, 2.75) is 64.6 Å². The summed E-state index contributed by atoms with van der Waals surface area (Å²) in [6, 6.07) is 0.453. The molecule has 0 aromatic carbocycles. The smallest absolute Gasteiger partial charge is 0.394 e. The SMILES string of the molecule is CC(C)NCc1coc(OC2CCCCC2)n1. The van der Waals surface area contributed by atoms with E-state index in [1.165, 1.54) is 19.3 Å². The van der Waals surface area contributed by atoms with Crippen LogP contribution in [0.3, 0.4) is 0 Å². The molecule has 1 aliphatic rings. The summed E-state index contributed by atoms with van der Waals surface area (Å²) < 4.78 is 11.1. The number of hydrogen-bond donors (Lipinski definition) is 1. The highest BCUT2D eigenvalue weighted by molar-refractivity contribution is 5.00. The monoisotopic (exact) mass is 238 g/mol. The van der Waals surface area contributed by atoms with Gasteiger partial charge in [-0.05, 0) is 25.7 Å². The van der Waals surface area contributed by atoms with Gasteiger partial charge in [0.2, 0.25) is 0 Å². The minimum Gasteiger partial charge on any atom is -0.447 e. The van der Waals surface area contributed by atoms with Gasteiger partial charge in [-0.2, -0.15) is 4.98 Å². The molecule has 4 nitrogen and oxygen atoms in total. The lowest BCUT2D eigenvalue weighted by molar-refractivity contribution is 0.113. The Labute approximate surface area is 103 Å². The number of hydrogen-bond acceptors (Lipinski definition) is 4. The first-order valence-corrected chi connectivity index (χ1v) is 6.58. The molecule has 0 atom stereocenters. The molecule has 1 fully saturated rings. The van der Waals surface area contributed by atoms with E-state index in [1.54, 1.807) is 6.26 Å². The van der Waals surface area contributed by atoms with Gasteiger partial charge < -0.3 is 14.5 Å². The number of nitrogens with one attached hydrogen (secondary N) is 1. The minimum atomic E-state index is 0.299. The van der Waals surface area contributed by atoms with E-state index in [1.807, 2.05) is 0 Å². The molecule has 0 radical (unpaired) electrons. The van der Waals surface area contributed by atoms with Gasteiger partial charge in [0.1, 0.15) is 12.4 Å². The summed E-state index contributed by atoms with van der Waals surface area (Å²) in [7, 11) is 0. The molecule has 4 heteroatoms. The van der Waals surface area contributed by atoms with Crippen LogP contribution in [0.25, 0.3) is 0 Å². The molecule has 0 amide bonds. The fourth-order valence-electron chi connectivity index (χ4n) is 2.06. The second kappa shape index (κ2) is 6.05. The molecule has 0 aliphatic heterocycles. The molecule has 0 saturated heterocycles. The Hall–Kier alpha value is -1.03. The highest BCUT2D eigenvalue weighted by Crippen LogP contribution is 2.22. The van der Waals surface area contributed by atoms with Crippen molar-refractivity contribution in [2.24, 2.45) is 0 Å². The highest BCUT2D eigenvalue weighted by atomic mass is 16.6. The van der Waals surface area contributed by atoms with Crippen molar-refractivity contribution in [3.8, 4) is 6.08 Å². The quantitative estimate of drug-likeness (QED) is 0.856. The second-order valence-electron chi connectivity index (χ2n) is 5.02. The maximum absolute atomic E-state index is 5.74. The number of ether oxygens (including phenoxy) is 1. The van der Waals surface area contributed by atoms with Crippen LogP contribution in [0.1, 0.15) is 51.6 Å². The third kappa shape index (κ3) is 4.04. The largest absolute Gasteiger partial charge is 0.447 e. The fourth-order valence-corrected chi connectivity index (χ4v) is 2.06. The Morgan fingerprint density at radius 1 is 1.41 bits per heavy atom. The van der Waals surface area contributed by atoms with Crippen LogP contribution in [0.4, 0.5) is 0 Å². The first kappa shape index (κ1) is 12.4.